The van der Waals surface area contributed by atoms with Crippen molar-refractivity contribution in [3.05, 3.63) is 29.8 Å². The monoisotopic (exact) mass is 232 g/mol. The molecule has 0 bridgehead atoms. The van der Waals surface area contributed by atoms with E-state index in [0.29, 0.717) is 0 Å². The third kappa shape index (κ3) is 2.81. The van der Waals surface area contributed by atoms with E-state index in [1.54, 1.807) is 0 Å². The lowest BCUT2D eigenvalue weighted by molar-refractivity contribution is 0.449. The lowest BCUT2D eigenvalue weighted by Crippen LogP contribution is -2.39. The molecule has 2 heteroatoms. The fourth-order valence-electron chi connectivity index (χ4n) is 2.87. The highest BCUT2D eigenvalue weighted by Crippen LogP contribution is 2.29. The zero-order valence-electron chi connectivity index (χ0n) is 11.1. The number of hydrogen-bond donors (Lipinski definition) is 1. The van der Waals surface area contributed by atoms with Crippen molar-refractivity contribution >= 4 is 5.69 Å². The number of nitrogens with one attached hydrogen (secondary N) is 1. The van der Waals surface area contributed by atoms with Crippen LogP contribution < -0.4 is 10.2 Å². The highest BCUT2D eigenvalue weighted by Gasteiger charge is 2.22. The molecule has 1 fully saturated rings. The van der Waals surface area contributed by atoms with Gasteiger partial charge < -0.3 is 10.2 Å². The van der Waals surface area contributed by atoms with E-state index in [9.17, 15) is 0 Å². The Bertz CT molecular complexity index is 349. The van der Waals surface area contributed by atoms with Crippen LogP contribution in [0, 0.1) is 0 Å². The molecule has 2 rings (SSSR count). The average molecular weight is 232 g/mol. The first kappa shape index (κ1) is 12.4. The molecule has 94 valence electrons. The summed E-state index contributed by atoms with van der Waals surface area (Å²) in [6, 6.07) is 9.56. The van der Waals surface area contributed by atoms with Crippen LogP contribution in [0.3, 0.4) is 0 Å². The minimum Gasteiger partial charge on any atom is -0.368 e. The molecule has 1 N–H and O–H groups in total. The topological polar surface area (TPSA) is 15.3 Å². The summed E-state index contributed by atoms with van der Waals surface area (Å²) in [5.74, 6) is 0. The van der Waals surface area contributed by atoms with Crippen LogP contribution in [0.15, 0.2) is 24.3 Å². The van der Waals surface area contributed by atoms with Crippen LogP contribution in [-0.2, 0) is 6.54 Å². The number of hydrogen-bond acceptors (Lipinski definition) is 2. The van der Waals surface area contributed by atoms with Gasteiger partial charge in [0.2, 0.25) is 0 Å². The van der Waals surface area contributed by atoms with Gasteiger partial charge in [-0.2, -0.15) is 0 Å². The van der Waals surface area contributed by atoms with E-state index in [4.69, 9.17) is 0 Å². The van der Waals surface area contributed by atoms with E-state index >= 15 is 0 Å². The summed E-state index contributed by atoms with van der Waals surface area (Å²) in [7, 11) is 2.02. The second-order valence-electron chi connectivity index (χ2n) is 4.91. The Hall–Kier alpha value is -1.02. The molecule has 1 heterocycles. The lowest BCUT2D eigenvalue weighted by Gasteiger charge is -2.38. The van der Waals surface area contributed by atoms with Crippen molar-refractivity contribution in [2.45, 2.75) is 45.2 Å². The average Bonchev–Trinajstić information content (AvgIpc) is 2.40. The minimum absolute atomic E-state index is 0.738. The van der Waals surface area contributed by atoms with Crippen molar-refractivity contribution in [3.8, 4) is 0 Å². The van der Waals surface area contributed by atoms with Gasteiger partial charge in [-0.3, -0.25) is 0 Å². The molecule has 0 spiro atoms. The van der Waals surface area contributed by atoms with E-state index in [0.717, 1.165) is 12.6 Å². The van der Waals surface area contributed by atoms with Gasteiger partial charge in [0.05, 0.1) is 0 Å². The van der Waals surface area contributed by atoms with Crippen LogP contribution in [0.5, 0.6) is 0 Å². The molecule has 1 aromatic rings. The third-order valence-corrected chi connectivity index (χ3v) is 3.77. The summed E-state index contributed by atoms with van der Waals surface area (Å²) in [6.45, 7) is 4.49. The van der Waals surface area contributed by atoms with Crippen molar-refractivity contribution in [1.82, 2.24) is 5.32 Å². The lowest BCUT2D eigenvalue weighted by atomic mass is 9.98. The van der Waals surface area contributed by atoms with E-state index in [2.05, 4.69) is 41.4 Å². The molecule has 2 nitrogen and oxygen atoms in total. The fraction of sp³-hybridized carbons (Fsp3) is 0.600. The zero-order valence-corrected chi connectivity index (χ0v) is 11.1. The quantitative estimate of drug-likeness (QED) is 0.857. The Labute approximate surface area is 105 Å². The van der Waals surface area contributed by atoms with Crippen molar-refractivity contribution in [1.29, 1.82) is 0 Å². The Morgan fingerprint density at radius 1 is 1.29 bits per heavy atom. The Balaban J connectivity index is 2.24. The van der Waals surface area contributed by atoms with Crippen LogP contribution in [0.2, 0.25) is 0 Å². The largest absolute Gasteiger partial charge is 0.368 e. The van der Waals surface area contributed by atoms with Crippen LogP contribution in [0.4, 0.5) is 5.69 Å². The number of benzene rings is 1. The van der Waals surface area contributed by atoms with E-state index in [1.165, 1.54) is 43.5 Å². The molecule has 0 radical (unpaired) electrons. The zero-order chi connectivity index (χ0) is 12.1. The summed E-state index contributed by atoms with van der Waals surface area (Å²) >= 11 is 0. The third-order valence-electron chi connectivity index (χ3n) is 3.77. The fourth-order valence-corrected chi connectivity index (χ4v) is 2.87. The SMILES string of the molecule is CCC1CCCCN1c1ccccc1CNC. The number of nitrogens with zero attached hydrogens (tertiary/aromatic N) is 1. The van der Waals surface area contributed by atoms with Gasteiger partial charge in [-0.25, -0.2) is 0 Å². The molecule has 1 unspecified atom stereocenters. The van der Waals surface area contributed by atoms with Crippen molar-refractivity contribution in [3.63, 3.8) is 0 Å². The second-order valence-corrected chi connectivity index (χ2v) is 4.91. The van der Waals surface area contributed by atoms with E-state index in [1.807, 2.05) is 7.05 Å². The molecule has 0 amide bonds. The first-order chi connectivity index (χ1) is 8.36. The highest BCUT2D eigenvalue weighted by atomic mass is 15.2. The molecule has 1 atom stereocenters. The summed E-state index contributed by atoms with van der Waals surface area (Å²) < 4.78 is 0. The van der Waals surface area contributed by atoms with Gasteiger partial charge in [0, 0.05) is 24.8 Å². The van der Waals surface area contributed by atoms with Gasteiger partial charge in [0.25, 0.3) is 0 Å². The van der Waals surface area contributed by atoms with Crippen LogP contribution >= 0.6 is 0 Å². The standard InChI is InChI=1S/C15H24N2/c1-3-14-9-6-7-11-17(14)15-10-5-4-8-13(15)12-16-2/h4-5,8,10,14,16H,3,6-7,9,11-12H2,1-2H3. The first-order valence-corrected chi connectivity index (χ1v) is 6.86. The number of anilines is 1. The number of piperidine rings is 1. The van der Waals surface area contributed by atoms with Gasteiger partial charge in [0.1, 0.15) is 0 Å². The van der Waals surface area contributed by atoms with Crippen LogP contribution in [0.1, 0.15) is 38.2 Å². The molecule has 1 aromatic carbocycles. The van der Waals surface area contributed by atoms with Gasteiger partial charge in [-0.15, -0.1) is 0 Å². The Morgan fingerprint density at radius 2 is 2.12 bits per heavy atom. The van der Waals surface area contributed by atoms with Gasteiger partial charge >= 0.3 is 0 Å². The van der Waals surface area contributed by atoms with E-state index < -0.39 is 0 Å². The smallest absolute Gasteiger partial charge is 0.0414 e. The highest BCUT2D eigenvalue weighted by molar-refractivity contribution is 5.54. The molecule has 0 aliphatic carbocycles. The van der Waals surface area contributed by atoms with Gasteiger partial charge in [0.15, 0.2) is 0 Å². The van der Waals surface area contributed by atoms with Crippen LogP contribution in [0.25, 0.3) is 0 Å². The number of para-hydroxylation sites is 1. The summed E-state index contributed by atoms with van der Waals surface area (Å²) in [6.07, 6.45) is 5.34. The maximum Gasteiger partial charge on any atom is 0.0414 e. The maximum atomic E-state index is 3.27. The van der Waals surface area contributed by atoms with Gasteiger partial charge in [-0.05, 0) is 44.4 Å². The van der Waals surface area contributed by atoms with Crippen molar-refractivity contribution in [2.24, 2.45) is 0 Å². The second kappa shape index (κ2) is 6.06. The predicted molar refractivity (Wildman–Crippen MR) is 74.5 cm³/mol. The molecule has 1 saturated heterocycles. The summed E-state index contributed by atoms with van der Waals surface area (Å²) in [4.78, 5) is 2.62. The van der Waals surface area contributed by atoms with Crippen molar-refractivity contribution < 1.29 is 0 Å². The van der Waals surface area contributed by atoms with Crippen molar-refractivity contribution in [2.75, 3.05) is 18.5 Å². The maximum absolute atomic E-state index is 3.27. The molecule has 0 saturated carbocycles. The predicted octanol–water partition coefficient (Wildman–Crippen LogP) is 3.17. The Morgan fingerprint density at radius 3 is 2.88 bits per heavy atom. The molecule has 17 heavy (non-hydrogen) atoms. The van der Waals surface area contributed by atoms with E-state index in [-0.39, 0.29) is 0 Å². The first-order valence-electron chi connectivity index (χ1n) is 6.86. The molecule has 1 aliphatic rings. The molecule has 1 aliphatic heterocycles. The van der Waals surface area contributed by atoms with Gasteiger partial charge in [-0.1, -0.05) is 25.1 Å². The summed E-state index contributed by atoms with van der Waals surface area (Å²) in [5.41, 5.74) is 2.86. The van der Waals surface area contributed by atoms with Crippen LogP contribution in [-0.4, -0.2) is 19.6 Å². The minimum atomic E-state index is 0.738. The normalized spacial score (nSPS) is 20.6. The molecular weight excluding hydrogens is 208 g/mol. The summed E-state index contributed by atoms with van der Waals surface area (Å²) in [5, 5.41) is 3.27. The Kier molecular flexibility index (Phi) is 4.43. The number of rotatable bonds is 4. The molecule has 0 aromatic heterocycles. The molecular formula is C15H24N2.